The maximum atomic E-state index is 9.75. The largest absolute Gasteiger partial charge is 0.481 e. The summed E-state index contributed by atoms with van der Waals surface area (Å²) < 4.78 is 0. The highest BCUT2D eigenvalue weighted by atomic mass is 31.0. The highest BCUT2D eigenvalue weighted by Crippen LogP contribution is 1.92. The summed E-state index contributed by atoms with van der Waals surface area (Å²) in [5.74, 6) is -0.706. The Hall–Kier alpha value is -0.100. The molecular formula is C4H9O2P. The summed E-state index contributed by atoms with van der Waals surface area (Å²) in [7, 11) is 2.48. The molecule has 0 rings (SSSR count). The maximum Gasteiger partial charge on any atom is 0.303 e. The van der Waals surface area contributed by atoms with Crippen molar-refractivity contribution in [2.45, 2.75) is 12.8 Å². The monoisotopic (exact) mass is 120 g/mol. The lowest BCUT2D eigenvalue weighted by Gasteiger charge is -1.85. The zero-order chi connectivity index (χ0) is 5.70. The van der Waals surface area contributed by atoms with Gasteiger partial charge >= 0.3 is 5.97 Å². The van der Waals surface area contributed by atoms with Gasteiger partial charge in [0.2, 0.25) is 0 Å². The molecule has 2 nitrogen and oxygen atoms in total. The van der Waals surface area contributed by atoms with Crippen LogP contribution in [0, 0.1) is 0 Å². The van der Waals surface area contributed by atoms with Gasteiger partial charge in [-0.25, -0.2) is 0 Å². The van der Waals surface area contributed by atoms with Crippen LogP contribution in [-0.4, -0.2) is 17.2 Å². The van der Waals surface area contributed by atoms with Gasteiger partial charge in [0.05, 0.1) is 0 Å². The quantitative estimate of drug-likeness (QED) is 0.557. The van der Waals surface area contributed by atoms with Gasteiger partial charge in [0, 0.05) is 6.42 Å². The Morgan fingerprint density at radius 2 is 2.29 bits per heavy atom. The summed E-state index contributed by atoms with van der Waals surface area (Å²) in [5.41, 5.74) is 0. The van der Waals surface area contributed by atoms with Crippen LogP contribution in [0.15, 0.2) is 0 Å². The lowest BCUT2D eigenvalue weighted by atomic mass is 10.3. The molecule has 0 fully saturated rings. The number of rotatable bonds is 3. The summed E-state index contributed by atoms with van der Waals surface area (Å²) in [6.45, 7) is 0. The molecule has 0 aliphatic carbocycles. The average Bonchev–Trinajstić information content (AvgIpc) is 1.61. The number of carboxylic acids is 1. The molecule has 0 saturated heterocycles. The minimum absolute atomic E-state index is 0.295. The highest BCUT2D eigenvalue weighted by Gasteiger charge is 1.90. The second kappa shape index (κ2) is 4.07. The SMILES string of the molecule is O=C(O)CCCP. The van der Waals surface area contributed by atoms with Crippen molar-refractivity contribution >= 4 is 15.2 Å². The van der Waals surface area contributed by atoms with Gasteiger partial charge < -0.3 is 5.11 Å². The van der Waals surface area contributed by atoms with Crippen LogP contribution in [0.4, 0.5) is 0 Å². The van der Waals surface area contributed by atoms with E-state index in [4.69, 9.17) is 5.11 Å². The van der Waals surface area contributed by atoms with Crippen molar-refractivity contribution in [2.24, 2.45) is 0 Å². The molecule has 42 valence electrons. The van der Waals surface area contributed by atoms with Crippen LogP contribution < -0.4 is 0 Å². The molecule has 0 aliphatic rings. The Kier molecular flexibility index (Phi) is 4.01. The third-order valence-corrected chi connectivity index (χ3v) is 1.00. The van der Waals surface area contributed by atoms with Crippen molar-refractivity contribution < 1.29 is 9.90 Å². The van der Waals surface area contributed by atoms with Gasteiger partial charge in [0.25, 0.3) is 0 Å². The standard InChI is InChI=1S/C4H9O2P/c5-4(6)2-1-3-7/h1-3,7H2,(H,5,6). The van der Waals surface area contributed by atoms with E-state index >= 15 is 0 Å². The topological polar surface area (TPSA) is 37.3 Å². The van der Waals surface area contributed by atoms with E-state index in [-0.39, 0.29) is 0 Å². The van der Waals surface area contributed by atoms with E-state index in [1.54, 1.807) is 0 Å². The molecule has 1 unspecified atom stereocenters. The van der Waals surface area contributed by atoms with Crippen LogP contribution in [0.1, 0.15) is 12.8 Å². The van der Waals surface area contributed by atoms with Crippen LogP contribution in [0.2, 0.25) is 0 Å². The van der Waals surface area contributed by atoms with Gasteiger partial charge in [-0.15, -0.1) is 9.24 Å². The number of carboxylic acid groups (broad SMARTS) is 1. The van der Waals surface area contributed by atoms with Gasteiger partial charge in [-0.1, -0.05) is 0 Å². The van der Waals surface area contributed by atoms with E-state index in [0.717, 1.165) is 12.6 Å². The zero-order valence-electron chi connectivity index (χ0n) is 4.05. The molecular weight excluding hydrogens is 111 g/mol. The second-order valence-electron chi connectivity index (χ2n) is 1.29. The Morgan fingerprint density at radius 3 is 2.43 bits per heavy atom. The van der Waals surface area contributed by atoms with E-state index in [1.165, 1.54) is 0 Å². The highest BCUT2D eigenvalue weighted by molar-refractivity contribution is 7.16. The lowest BCUT2D eigenvalue weighted by Crippen LogP contribution is -1.93. The number of carbonyl (C=O) groups is 1. The van der Waals surface area contributed by atoms with Crippen molar-refractivity contribution in [3.63, 3.8) is 0 Å². The Labute approximate surface area is 45.1 Å². The molecule has 0 aliphatic heterocycles. The average molecular weight is 120 g/mol. The van der Waals surface area contributed by atoms with Gasteiger partial charge in [-0.2, -0.15) is 0 Å². The third-order valence-electron chi connectivity index (χ3n) is 0.595. The van der Waals surface area contributed by atoms with Crippen LogP contribution in [0.3, 0.4) is 0 Å². The molecule has 1 N–H and O–H groups in total. The molecule has 0 radical (unpaired) electrons. The predicted octanol–water partition coefficient (Wildman–Crippen LogP) is 0.726. The fourth-order valence-electron chi connectivity index (χ4n) is 0.253. The normalized spacial score (nSPS) is 8.71. The Bertz CT molecular complexity index is 62.7. The Morgan fingerprint density at radius 1 is 1.71 bits per heavy atom. The second-order valence-corrected chi connectivity index (χ2v) is 1.86. The fourth-order valence-corrected chi connectivity index (χ4v) is 0.457. The first-order chi connectivity index (χ1) is 3.27. The van der Waals surface area contributed by atoms with Crippen molar-refractivity contribution in [3.05, 3.63) is 0 Å². The van der Waals surface area contributed by atoms with Crippen LogP contribution >= 0.6 is 9.24 Å². The summed E-state index contributed by atoms with van der Waals surface area (Å²) in [6.07, 6.45) is 1.94. The van der Waals surface area contributed by atoms with E-state index in [9.17, 15) is 4.79 Å². The molecule has 3 heteroatoms. The number of hydrogen-bond donors (Lipinski definition) is 1. The minimum Gasteiger partial charge on any atom is -0.481 e. The summed E-state index contributed by atoms with van der Waals surface area (Å²) in [4.78, 5) is 9.75. The van der Waals surface area contributed by atoms with Crippen molar-refractivity contribution in [1.82, 2.24) is 0 Å². The third kappa shape index (κ3) is 5.90. The lowest BCUT2D eigenvalue weighted by molar-refractivity contribution is -0.137. The molecule has 0 spiro atoms. The van der Waals surface area contributed by atoms with Gasteiger partial charge in [-0.3, -0.25) is 4.79 Å². The number of hydrogen-bond acceptors (Lipinski definition) is 1. The molecule has 0 aromatic rings. The van der Waals surface area contributed by atoms with E-state index < -0.39 is 5.97 Å². The predicted molar refractivity (Wildman–Crippen MR) is 31.4 cm³/mol. The Balaban J connectivity index is 2.82. The molecule has 7 heavy (non-hydrogen) atoms. The van der Waals surface area contributed by atoms with Crippen molar-refractivity contribution in [1.29, 1.82) is 0 Å². The maximum absolute atomic E-state index is 9.75. The van der Waals surface area contributed by atoms with Gasteiger partial charge in [-0.05, 0) is 12.6 Å². The molecule has 1 atom stereocenters. The first kappa shape index (κ1) is 6.90. The van der Waals surface area contributed by atoms with E-state index in [0.29, 0.717) is 6.42 Å². The molecule has 0 bridgehead atoms. The molecule has 0 saturated carbocycles. The van der Waals surface area contributed by atoms with Crippen LogP contribution in [-0.2, 0) is 4.79 Å². The fraction of sp³-hybridized carbons (Fsp3) is 0.750. The molecule has 0 aromatic heterocycles. The molecule has 0 amide bonds. The summed E-state index contributed by atoms with van der Waals surface area (Å²) in [6, 6.07) is 0. The number of aliphatic carboxylic acids is 1. The van der Waals surface area contributed by atoms with E-state index in [1.807, 2.05) is 0 Å². The first-order valence-corrected chi connectivity index (χ1v) is 3.01. The van der Waals surface area contributed by atoms with Crippen LogP contribution in [0.25, 0.3) is 0 Å². The summed E-state index contributed by atoms with van der Waals surface area (Å²) in [5, 5.41) is 8.04. The smallest absolute Gasteiger partial charge is 0.303 e. The minimum atomic E-state index is -0.706. The zero-order valence-corrected chi connectivity index (χ0v) is 5.21. The first-order valence-electron chi connectivity index (χ1n) is 2.19. The van der Waals surface area contributed by atoms with Crippen molar-refractivity contribution in [2.75, 3.05) is 6.16 Å². The van der Waals surface area contributed by atoms with Crippen LogP contribution in [0.5, 0.6) is 0 Å². The summed E-state index contributed by atoms with van der Waals surface area (Å²) >= 11 is 0. The van der Waals surface area contributed by atoms with Crippen molar-refractivity contribution in [3.8, 4) is 0 Å². The van der Waals surface area contributed by atoms with Gasteiger partial charge in [0.1, 0.15) is 0 Å². The van der Waals surface area contributed by atoms with Gasteiger partial charge in [0.15, 0.2) is 0 Å². The molecule has 0 aromatic carbocycles. The van der Waals surface area contributed by atoms with E-state index in [2.05, 4.69) is 9.24 Å². The molecule has 0 heterocycles.